The van der Waals surface area contributed by atoms with Gasteiger partial charge in [0, 0.05) is 12.3 Å². The Morgan fingerprint density at radius 3 is 2.86 bits per heavy atom. The lowest BCUT2D eigenvalue weighted by Crippen LogP contribution is -2.10. The maximum atomic E-state index is 11.4. The third kappa shape index (κ3) is 3.47. The van der Waals surface area contributed by atoms with Gasteiger partial charge in [0.05, 0.1) is 24.3 Å². The minimum Gasteiger partial charge on any atom is -0.464 e. The van der Waals surface area contributed by atoms with Gasteiger partial charge in [-0.15, -0.1) is 0 Å². The molecule has 21 heavy (non-hydrogen) atoms. The molecule has 0 aliphatic rings. The lowest BCUT2D eigenvalue weighted by Gasteiger charge is -2.07. The zero-order valence-corrected chi connectivity index (χ0v) is 11.0. The molecule has 0 saturated carbocycles. The van der Waals surface area contributed by atoms with E-state index in [1.54, 1.807) is 12.1 Å². The first-order valence-electron chi connectivity index (χ1n) is 5.86. The minimum atomic E-state index is -0.674. The molecule has 0 radical (unpaired) electrons. The average Bonchev–Trinajstić information content (AvgIpc) is 2.52. The predicted molar refractivity (Wildman–Crippen MR) is 71.6 cm³/mol. The van der Waals surface area contributed by atoms with Gasteiger partial charge in [-0.25, -0.2) is 9.78 Å². The molecule has 0 saturated heterocycles. The number of carbonyl (C=O) groups excluding carboxylic acids is 1. The molecule has 0 unspecified atom stereocenters. The molecule has 9 nitrogen and oxygen atoms in total. The van der Waals surface area contributed by atoms with Crippen LogP contribution in [0.4, 0.5) is 11.5 Å². The van der Waals surface area contributed by atoms with E-state index in [0.717, 1.165) is 0 Å². The lowest BCUT2D eigenvalue weighted by atomic mass is 10.3. The van der Waals surface area contributed by atoms with E-state index in [4.69, 9.17) is 0 Å². The molecule has 0 fully saturated rings. The number of carbonyl (C=O) groups is 1. The second-order valence-corrected chi connectivity index (χ2v) is 3.88. The van der Waals surface area contributed by atoms with Crippen LogP contribution in [-0.2, 0) is 11.3 Å². The second-order valence-electron chi connectivity index (χ2n) is 3.88. The number of rotatable bonds is 5. The summed E-state index contributed by atoms with van der Waals surface area (Å²) >= 11 is 0. The van der Waals surface area contributed by atoms with Crippen molar-refractivity contribution in [1.82, 2.24) is 15.2 Å². The molecule has 9 heteroatoms. The molecule has 0 aliphatic carbocycles. The van der Waals surface area contributed by atoms with Gasteiger partial charge in [-0.1, -0.05) is 0 Å². The van der Waals surface area contributed by atoms with Gasteiger partial charge in [-0.2, -0.15) is 10.2 Å². The smallest absolute Gasteiger partial charge is 0.356 e. The van der Waals surface area contributed by atoms with E-state index >= 15 is 0 Å². The molecular weight excluding hydrogens is 278 g/mol. The number of hydrogen-bond donors (Lipinski definition) is 1. The van der Waals surface area contributed by atoms with Gasteiger partial charge in [0.15, 0.2) is 5.69 Å². The molecule has 1 N–H and O–H groups in total. The summed E-state index contributed by atoms with van der Waals surface area (Å²) in [5, 5.41) is 21.3. The normalized spacial score (nSPS) is 9.95. The molecule has 0 atom stereocenters. The van der Waals surface area contributed by atoms with Crippen LogP contribution in [0.1, 0.15) is 16.2 Å². The summed E-state index contributed by atoms with van der Waals surface area (Å²) in [6, 6.07) is 5.82. The van der Waals surface area contributed by atoms with Crippen LogP contribution in [0.25, 0.3) is 0 Å². The maximum Gasteiger partial charge on any atom is 0.356 e. The molecule has 0 aromatic carbocycles. The maximum absolute atomic E-state index is 11.4. The van der Waals surface area contributed by atoms with Crippen molar-refractivity contribution in [3.8, 4) is 0 Å². The number of esters is 1. The standard InChI is InChI=1S/C12H11N5O4/c1-21-12(18)9-4-5-10(17(19)20)11(15-9)13-7-8-3-2-6-14-16-8/h2-6H,7H2,1H3,(H,13,15). The van der Waals surface area contributed by atoms with E-state index in [1.165, 1.54) is 25.4 Å². The molecule has 108 valence electrons. The van der Waals surface area contributed by atoms with E-state index in [9.17, 15) is 14.9 Å². The van der Waals surface area contributed by atoms with E-state index in [2.05, 4.69) is 25.2 Å². The van der Waals surface area contributed by atoms with Crippen LogP contribution in [-0.4, -0.2) is 33.2 Å². The third-order valence-electron chi connectivity index (χ3n) is 2.53. The zero-order chi connectivity index (χ0) is 15.2. The van der Waals surface area contributed by atoms with E-state index < -0.39 is 10.9 Å². The summed E-state index contributed by atoms with van der Waals surface area (Å²) in [6.07, 6.45) is 1.52. The lowest BCUT2D eigenvalue weighted by molar-refractivity contribution is -0.384. The number of nitro groups is 1. The number of ether oxygens (including phenoxy) is 1. The van der Waals surface area contributed by atoms with E-state index in [-0.39, 0.29) is 23.7 Å². The van der Waals surface area contributed by atoms with Gasteiger partial charge in [0.1, 0.15) is 0 Å². The van der Waals surface area contributed by atoms with Crippen molar-refractivity contribution >= 4 is 17.5 Å². The highest BCUT2D eigenvalue weighted by Gasteiger charge is 2.19. The van der Waals surface area contributed by atoms with Crippen molar-refractivity contribution < 1.29 is 14.5 Å². The summed E-state index contributed by atoms with van der Waals surface area (Å²) in [5.74, 6) is -0.707. The Kier molecular flexibility index (Phi) is 4.34. The van der Waals surface area contributed by atoms with Crippen LogP contribution < -0.4 is 5.32 Å². The highest BCUT2D eigenvalue weighted by Crippen LogP contribution is 2.22. The monoisotopic (exact) mass is 289 g/mol. The molecule has 2 rings (SSSR count). The van der Waals surface area contributed by atoms with Gasteiger partial charge in [0.2, 0.25) is 5.82 Å². The number of methoxy groups -OCH3 is 1. The molecular formula is C12H11N5O4. The summed E-state index contributed by atoms with van der Waals surface area (Å²) in [6.45, 7) is 0.187. The SMILES string of the molecule is COC(=O)c1ccc([N+](=O)[O-])c(NCc2cccnn2)n1. The Balaban J connectivity index is 2.26. The Labute approximate surface area is 119 Å². The summed E-state index contributed by atoms with van der Waals surface area (Å²) in [5.41, 5.74) is 0.313. The van der Waals surface area contributed by atoms with Crippen molar-refractivity contribution in [3.05, 3.63) is 52.0 Å². The van der Waals surface area contributed by atoms with Crippen molar-refractivity contribution in [2.75, 3.05) is 12.4 Å². The Hall–Kier alpha value is -3.10. The van der Waals surface area contributed by atoms with Gasteiger partial charge < -0.3 is 10.1 Å². The molecule has 2 aromatic heterocycles. The van der Waals surface area contributed by atoms with Crippen LogP contribution >= 0.6 is 0 Å². The van der Waals surface area contributed by atoms with Crippen LogP contribution in [0, 0.1) is 10.1 Å². The first-order chi connectivity index (χ1) is 10.1. The topological polar surface area (TPSA) is 120 Å². The van der Waals surface area contributed by atoms with Crippen LogP contribution in [0.5, 0.6) is 0 Å². The number of nitrogens with zero attached hydrogens (tertiary/aromatic N) is 4. The van der Waals surface area contributed by atoms with Crippen molar-refractivity contribution in [1.29, 1.82) is 0 Å². The fourth-order valence-corrected chi connectivity index (χ4v) is 1.55. The fraction of sp³-hybridized carbons (Fsp3) is 0.167. The van der Waals surface area contributed by atoms with Gasteiger partial charge in [0.25, 0.3) is 0 Å². The Morgan fingerprint density at radius 1 is 1.43 bits per heavy atom. The van der Waals surface area contributed by atoms with Gasteiger partial charge >= 0.3 is 11.7 Å². The molecule has 2 heterocycles. The van der Waals surface area contributed by atoms with Gasteiger partial charge in [-0.05, 0) is 18.2 Å². The van der Waals surface area contributed by atoms with E-state index in [0.29, 0.717) is 5.69 Å². The van der Waals surface area contributed by atoms with Gasteiger partial charge in [-0.3, -0.25) is 10.1 Å². The highest BCUT2D eigenvalue weighted by molar-refractivity contribution is 5.88. The minimum absolute atomic E-state index is 0.0234. The summed E-state index contributed by atoms with van der Waals surface area (Å²) < 4.78 is 4.53. The number of nitrogens with one attached hydrogen (secondary N) is 1. The third-order valence-corrected chi connectivity index (χ3v) is 2.53. The highest BCUT2D eigenvalue weighted by atomic mass is 16.6. The molecule has 0 spiro atoms. The molecule has 0 aliphatic heterocycles. The second kappa shape index (κ2) is 6.37. The number of anilines is 1. The first-order valence-corrected chi connectivity index (χ1v) is 5.86. The van der Waals surface area contributed by atoms with E-state index in [1.807, 2.05) is 0 Å². The number of hydrogen-bond acceptors (Lipinski definition) is 8. The van der Waals surface area contributed by atoms with Crippen LogP contribution in [0.2, 0.25) is 0 Å². The molecule has 0 amide bonds. The quantitative estimate of drug-likeness (QED) is 0.495. The predicted octanol–water partition coefficient (Wildman–Crippen LogP) is 1.18. The largest absolute Gasteiger partial charge is 0.464 e. The fourth-order valence-electron chi connectivity index (χ4n) is 1.55. The number of pyridine rings is 1. The Morgan fingerprint density at radius 2 is 2.24 bits per heavy atom. The van der Waals surface area contributed by atoms with Crippen molar-refractivity contribution in [2.45, 2.75) is 6.54 Å². The molecule has 2 aromatic rings. The van der Waals surface area contributed by atoms with Crippen molar-refractivity contribution in [3.63, 3.8) is 0 Å². The average molecular weight is 289 g/mol. The molecule has 0 bridgehead atoms. The summed E-state index contributed by atoms with van der Waals surface area (Å²) in [4.78, 5) is 25.7. The first kappa shape index (κ1) is 14.3. The Bertz CT molecular complexity index is 662. The van der Waals surface area contributed by atoms with Crippen molar-refractivity contribution in [2.24, 2.45) is 0 Å². The zero-order valence-electron chi connectivity index (χ0n) is 11.0. The van der Waals surface area contributed by atoms with Crippen LogP contribution in [0.3, 0.4) is 0 Å². The van der Waals surface area contributed by atoms with Crippen LogP contribution in [0.15, 0.2) is 30.5 Å². The summed E-state index contributed by atoms with van der Waals surface area (Å²) in [7, 11) is 1.21. The number of aromatic nitrogens is 3.